The van der Waals surface area contributed by atoms with Crippen molar-refractivity contribution in [3.05, 3.63) is 108 Å². The van der Waals surface area contributed by atoms with E-state index < -0.39 is 0 Å². The Balaban J connectivity index is 1.32. The number of aromatic nitrogens is 3. The van der Waals surface area contributed by atoms with Gasteiger partial charge >= 0.3 is 0 Å². The van der Waals surface area contributed by atoms with Gasteiger partial charge in [0.15, 0.2) is 0 Å². The number of amides is 1. The molecule has 0 fully saturated rings. The third-order valence-electron chi connectivity index (χ3n) is 5.66. The van der Waals surface area contributed by atoms with E-state index in [1.807, 2.05) is 50.4 Å². The van der Waals surface area contributed by atoms with E-state index >= 15 is 0 Å². The van der Waals surface area contributed by atoms with Gasteiger partial charge in [0.1, 0.15) is 11.5 Å². The lowest BCUT2D eigenvalue weighted by Gasteiger charge is -2.12. The zero-order valence-corrected chi connectivity index (χ0v) is 20.5. The lowest BCUT2D eigenvalue weighted by atomic mass is 10.1. The summed E-state index contributed by atoms with van der Waals surface area (Å²) in [5.41, 5.74) is 5.53. The molecular formula is C29H26N6O2. The van der Waals surface area contributed by atoms with Crippen LogP contribution in [-0.2, 0) is 6.54 Å². The molecule has 2 aromatic carbocycles. The number of benzene rings is 2. The number of nitrogens with zero attached hydrogens (tertiary/aromatic N) is 3. The predicted octanol–water partition coefficient (Wildman–Crippen LogP) is 5.84. The Morgan fingerprint density at radius 3 is 2.62 bits per heavy atom. The summed E-state index contributed by atoms with van der Waals surface area (Å²) in [6.07, 6.45) is 6.68. The molecule has 3 N–H and O–H groups in total. The van der Waals surface area contributed by atoms with E-state index in [0.29, 0.717) is 28.4 Å². The van der Waals surface area contributed by atoms with E-state index in [2.05, 4.69) is 43.0 Å². The van der Waals surface area contributed by atoms with Crippen LogP contribution in [0.4, 0.5) is 17.1 Å². The van der Waals surface area contributed by atoms with Crippen LogP contribution in [0, 0.1) is 6.92 Å². The molecule has 0 bridgehead atoms. The van der Waals surface area contributed by atoms with Gasteiger partial charge in [-0.2, -0.15) is 0 Å². The molecule has 5 aromatic rings. The summed E-state index contributed by atoms with van der Waals surface area (Å²) in [4.78, 5) is 25.9. The summed E-state index contributed by atoms with van der Waals surface area (Å²) < 4.78 is 5.91. The molecule has 0 aliphatic rings. The molecule has 1 amide bonds. The zero-order chi connectivity index (χ0) is 25.6. The first-order valence-electron chi connectivity index (χ1n) is 11.8. The Morgan fingerprint density at radius 1 is 0.892 bits per heavy atom. The number of carbonyl (C=O) groups excluding carboxylic acids is 1. The van der Waals surface area contributed by atoms with Crippen molar-refractivity contribution < 1.29 is 9.53 Å². The maximum atomic E-state index is 13.0. The summed E-state index contributed by atoms with van der Waals surface area (Å²) in [6, 6.07) is 20.7. The molecule has 0 unspecified atom stereocenters. The first-order valence-corrected chi connectivity index (χ1v) is 11.8. The SMILES string of the molecule is CNCc1ccc2nccc(Nc3cncc(C(=O)Nc4cccc(Oc5ccnc(C)c5)c4)c3)c2c1. The molecule has 8 heteroatoms. The number of pyridine rings is 3. The number of hydrogen-bond acceptors (Lipinski definition) is 7. The lowest BCUT2D eigenvalue weighted by Crippen LogP contribution is -2.12. The fourth-order valence-corrected chi connectivity index (χ4v) is 3.96. The van der Waals surface area contributed by atoms with Gasteiger partial charge in [0.2, 0.25) is 0 Å². The third kappa shape index (κ3) is 5.88. The number of anilines is 3. The second-order valence-corrected chi connectivity index (χ2v) is 8.54. The van der Waals surface area contributed by atoms with E-state index in [0.717, 1.165) is 34.4 Å². The smallest absolute Gasteiger partial charge is 0.257 e. The van der Waals surface area contributed by atoms with Gasteiger partial charge in [0.25, 0.3) is 5.91 Å². The quantitative estimate of drug-likeness (QED) is 0.251. The minimum Gasteiger partial charge on any atom is -0.457 e. The van der Waals surface area contributed by atoms with Gasteiger partial charge in [-0.1, -0.05) is 12.1 Å². The van der Waals surface area contributed by atoms with Crippen LogP contribution in [0.15, 0.2) is 91.5 Å². The number of nitrogens with one attached hydrogen (secondary N) is 3. The van der Waals surface area contributed by atoms with E-state index in [-0.39, 0.29) is 5.91 Å². The minimum absolute atomic E-state index is 0.274. The van der Waals surface area contributed by atoms with Crippen LogP contribution in [0.25, 0.3) is 10.9 Å². The highest BCUT2D eigenvalue weighted by molar-refractivity contribution is 6.05. The highest BCUT2D eigenvalue weighted by Crippen LogP contribution is 2.27. The van der Waals surface area contributed by atoms with Crippen LogP contribution in [-0.4, -0.2) is 27.9 Å². The standard InChI is InChI=1S/C29H26N6O2/c1-19-12-25(8-10-32-19)37-24-5-3-4-22(15-24)35-29(36)21-14-23(18-31-17-21)34-28-9-11-33-27-7-6-20(16-30-2)13-26(27)28/h3-15,17-18,30H,16H2,1-2H3,(H,33,34)(H,35,36). The highest BCUT2D eigenvalue weighted by Gasteiger charge is 2.10. The summed E-state index contributed by atoms with van der Waals surface area (Å²) in [7, 11) is 1.92. The molecule has 0 aliphatic carbocycles. The van der Waals surface area contributed by atoms with Gasteiger partial charge in [-0.25, -0.2) is 0 Å². The van der Waals surface area contributed by atoms with Gasteiger partial charge in [0, 0.05) is 59.7 Å². The molecule has 3 heterocycles. The Labute approximate surface area is 214 Å². The molecule has 5 rings (SSSR count). The van der Waals surface area contributed by atoms with Crippen molar-refractivity contribution in [2.24, 2.45) is 0 Å². The molecule has 0 radical (unpaired) electrons. The maximum absolute atomic E-state index is 13.0. The highest BCUT2D eigenvalue weighted by atomic mass is 16.5. The Bertz CT molecular complexity index is 1570. The van der Waals surface area contributed by atoms with Crippen LogP contribution in [0.1, 0.15) is 21.6 Å². The average molecular weight is 491 g/mol. The zero-order valence-electron chi connectivity index (χ0n) is 20.5. The summed E-state index contributed by atoms with van der Waals surface area (Å²) in [6.45, 7) is 2.66. The van der Waals surface area contributed by atoms with Gasteiger partial charge in [-0.3, -0.25) is 19.7 Å². The largest absolute Gasteiger partial charge is 0.457 e. The third-order valence-corrected chi connectivity index (χ3v) is 5.66. The average Bonchev–Trinajstić information content (AvgIpc) is 2.90. The molecule has 184 valence electrons. The van der Waals surface area contributed by atoms with Crippen molar-refractivity contribution >= 4 is 33.9 Å². The van der Waals surface area contributed by atoms with Crippen LogP contribution < -0.4 is 20.7 Å². The number of carbonyl (C=O) groups is 1. The first kappa shape index (κ1) is 23.9. The van der Waals surface area contributed by atoms with Gasteiger partial charge < -0.3 is 20.7 Å². The second kappa shape index (κ2) is 10.8. The molecule has 3 aromatic heterocycles. The van der Waals surface area contributed by atoms with Crippen molar-refractivity contribution in [2.75, 3.05) is 17.7 Å². The fourth-order valence-electron chi connectivity index (χ4n) is 3.96. The van der Waals surface area contributed by atoms with Gasteiger partial charge in [0.05, 0.1) is 23.0 Å². The van der Waals surface area contributed by atoms with Crippen molar-refractivity contribution in [3.63, 3.8) is 0 Å². The van der Waals surface area contributed by atoms with Crippen LogP contribution >= 0.6 is 0 Å². The lowest BCUT2D eigenvalue weighted by molar-refractivity contribution is 0.102. The first-order chi connectivity index (χ1) is 18.1. The van der Waals surface area contributed by atoms with E-state index in [9.17, 15) is 4.79 Å². The molecule has 37 heavy (non-hydrogen) atoms. The molecule has 0 saturated carbocycles. The molecule has 0 spiro atoms. The molecule has 0 atom stereocenters. The van der Waals surface area contributed by atoms with Crippen molar-refractivity contribution in [1.82, 2.24) is 20.3 Å². The number of fused-ring (bicyclic) bond motifs is 1. The maximum Gasteiger partial charge on any atom is 0.257 e. The van der Waals surface area contributed by atoms with Crippen molar-refractivity contribution in [1.29, 1.82) is 0 Å². The number of ether oxygens (including phenoxy) is 1. The summed E-state index contributed by atoms with van der Waals surface area (Å²) >= 11 is 0. The van der Waals surface area contributed by atoms with Crippen LogP contribution in [0.5, 0.6) is 11.5 Å². The summed E-state index contributed by atoms with van der Waals surface area (Å²) in [5.74, 6) is 1.02. The van der Waals surface area contributed by atoms with E-state index in [1.165, 1.54) is 6.20 Å². The van der Waals surface area contributed by atoms with Crippen LogP contribution in [0.3, 0.4) is 0 Å². The van der Waals surface area contributed by atoms with E-state index in [4.69, 9.17) is 4.74 Å². The van der Waals surface area contributed by atoms with Gasteiger partial charge in [-0.15, -0.1) is 0 Å². The number of hydrogen-bond donors (Lipinski definition) is 3. The fraction of sp³-hybridized carbons (Fsp3) is 0.103. The Morgan fingerprint density at radius 2 is 1.76 bits per heavy atom. The van der Waals surface area contributed by atoms with Crippen molar-refractivity contribution in [2.45, 2.75) is 13.5 Å². The molecule has 8 nitrogen and oxygen atoms in total. The molecule has 0 saturated heterocycles. The monoisotopic (exact) mass is 490 g/mol. The predicted molar refractivity (Wildman–Crippen MR) is 145 cm³/mol. The Hall–Kier alpha value is -4.82. The Kier molecular flexibility index (Phi) is 7.00. The van der Waals surface area contributed by atoms with Crippen LogP contribution in [0.2, 0.25) is 0 Å². The van der Waals surface area contributed by atoms with Gasteiger partial charge in [-0.05, 0) is 62.0 Å². The number of rotatable bonds is 8. The topological polar surface area (TPSA) is 101 Å². The molecular weight excluding hydrogens is 464 g/mol. The molecule has 0 aliphatic heterocycles. The number of aryl methyl sites for hydroxylation is 1. The summed E-state index contributed by atoms with van der Waals surface area (Å²) in [5, 5.41) is 10.5. The van der Waals surface area contributed by atoms with E-state index in [1.54, 1.807) is 36.8 Å². The normalized spacial score (nSPS) is 10.8. The minimum atomic E-state index is -0.274. The second-order valence-electron chi connectivity index (χ2n) is 8.54. The van der Waals surface area contributed by atoms with Crippen molar-refractivity contribution in [3.8, 4) is 11.5 Å².